The second-order valence-corrected chi connectivity index (χ2v) is 6.02. The van der Waals surface area contributed by atoms with Crippen molar-refractivity contribution in [1.82, 2.24) is 19.9 Å². The Morgan fingerprint density at radius 2 is 1.95 bits per heavy atom. The summed E-state index contributed by atoms with van der Waals surface area (Å²) in [5.41, 5.74) is 1.78. The van der Waals surface area contributed by atoms with Crippen LogP contribution in [0.4, 0.5) is 0 Å². The number of hydrogen-bond donors (Lipinski definition) is 0. The van der Waals surface area contributed by atoms with E-state index >= 15 is 0 Å². The molecule has 5 heteroatoms. The van der Waals surface area contributed by atoms with Gasteiger partial charge in [0, 0.05) is 24.1 Å². The molecule has 0 bridgehead atoms. The number of hydrogen-bond acceptors (Lipinski definition) is 4. The first-order valence-corrected chi connectivity index (χ1v) is 7.56. The van der Waals surface area contributed by atoms with E-state index in [0.717, 1.165) is 24.2 Å². The van der Waals surface area contributed by atoms with Gasteiger partial charge in [-0.3, -0.25) is 4.79 Å². The summed E-state index contributed by atoms with van der Waals surface area (Å²) >= 11 is 0. The lowest BCUT2D eigenvalue weighted by Gasteiger charge is -2.33. The molecule has 0 unspecified atom stereocenters. The second-order valence-electron chi connectivity index (χ2n) is 6.02. The maximum absolute atomic E-state index is 12.9. The average molecular weight is 296 g/mol. The van der Waals surface area contributed by atoms with Crippen molar-refractivity contribution in [2.24, 2.45) is 0 Å². The van der Waals surface area contributed by atoms with Crippen molar-refractivity contribution in [1.29, 1.82) is 0 Å². The monoisotopic (exact) mass is 296 g/mol. The third kappa shape index (κ3) is 2.47. The van der Waals surface area contributed by atoms with Crippen LogP contribution in [0.3, 0.4) is 0 Å². The lowest BCUT2D eigenvalue weighted by molar-refractivity contribution is 0.0597. The van der Waals surface area contributed by atoms with Crippen LogP contribution in [-0.4, -0.2) is 32.3 Å². The van der Waals surface area contributed by atoms with Gasteiger partial charge in [-0.15, -0.1) is 0 Å². The molecular formula is C17H20N4O. The maximum atomic E-state index is 12.9. The number of amides is 1. The van der Waals surface area contributed by atoms with Crippen LogP contribution in [0.1, 0.15) is 47.5 Å². The summed E-state index contributed by atoms with van der Waals surface area (Å²) in [6.45, 7) is 6.59. The highest BCUT2D eigenvalue weighted by Gasteiger charge is 2.43. The standard InChI is InChI=1S/C17H20N4O/c1-12-6-4-7-14(19-12)15(22)21-11-5-9-17(21,3)16-18-10-8-13(2)20-16/h4,6-8,10H,5,9,11H2,1-3H3/t17-/m0/s1. The molecule has 1 amide bonds. The van der Waals surface area contributed by atoms with Gasteiger partial charge in [0.15, 0.2) is 5.82 Å². The predicted molar refractivity (Wildman–Crippen MR) is 83.4 cm³/mol. The van der Waals surface area contributed by atoms with E-state index in [1.165, 1.54) is 0 Å². The molecule has 1 atom stereocenters. The third-order valence-corrected chi connectivity index (χ3v) is 4.27. The molecule has 5 nitrogen and oxygen atoms in total. The average Bonchev–Trinajstić information content (AvgIpc) is 2.90. The Hall–Kier alpha value is -2.30. The zero-order valence-corrected chi connectivity index (χ0v) is 13.2. The van der Waals surface area contributed by atoms with Crippen molar-refractivity contribution in [3.05, 3.63) is 53.4 Å². The van der Waals surface area contributed by atoms with Crippen LogP contribution in [-0.2, 0) is 5.54 Å². The second kappa shape index (κ2) is 5.48. The molecule has 0 saturated carbocycles. The molecule has 22 heavy (non-hydrogen) atoms. The summed E-state index contributed by atoms with van der Waals surface area (Å²) in [6, 6.07) is 7.40. The number of aromatic nitrogens is 3. The van der Waals surface area contributed by atoms with Gasteiger partial charge in [-0.1, -0.05) is 6.07 Å². The van der Waals surface area contributed by atoms with Gasteiger partial charge in [-0.25, -0.2) is 15.0 Å². The quantitative estimate of drug-likeness (QED) is 0.855. The first kappa shape index (κ1) is 14.6. The smallest absolute Gasteiger partial charge is 0.273 e. The van der Waals surface area contributed by atoms with Gasteiger partial charge < -0.3 is 4.90 Å². The zero-order chi connectivity index (χ0) is 15.7. The van der Waals surface area contributed by atoms with E-state index in [2.05, 4.69) is 15.0 Å². The molecule has 0 spiro atoms. The van der Waals surface area contributed by atoms with Gasteiger partial charge >= 0.3 is 0 Å². The van der Waals surface area contributed by atoms with Crippen LogP contribution in [0.2, 0.25) is 0 Å². The van der Waals surface area contributed by atoms with Gasteiger partial charge in [-0.2, -0.15) is 0 Å². The van der Waals surface area contributed by atoms with E-state index in [1.54, 1.807) is 12.3 Å². The third-order valence-electron chi connectivity index (χ3n) is 4.27. The number of carbonyl (C=O) groups excluding carboxylic acids is 1. The molecule has 1 fully saturated rings. The molecule has 0 radical (unpaired) electrons. The first-order valence-electron chi connectivity index (χ1n) is 7.56. The number of nitrogens with zero attached hydrogens (tertiary/aromatic N) is 4. The minimum atomic E-state index is -0.464. The van der Waals surface area contributed by atoms with Gasteiger partial charge in [0.1, 0.15) is 11.2 Å². The van der Waals surface area contributed by atoms with Crippen molar-refractivity contribution < 1.29 is 4.79 Å². The number of rotatable bonds is 2. The van der Waals surface area contributed by atoms with Crippen LogP contribution in [0, 0.1) is 13.8 Å². The van der Waals surface area contributed by atoms with Gasteiger partial charge in [0.05, 0.1) is 0 Å². The lowest BCUT2D eigenvalue weighted by Crippen LogP contribution is -2.44. The fraction of sp³-hybridized carbons (Fsp3) is 0.412. The SMILES string of the molecule is Cc1cccc(C(=O)N2CCC[C@@]2(C)c2nccc(C)n2)n1. The van der Waals surface area contributed by atoms with Crippen molar-refractivity contribution in [3.63, 3.8) is 0 Å². The Morgan fingerprint density at radius 3 is 2.68 bits per heavy atom. The summed E-state index contributed by atoms with van der Waals surface area (Å²) < 4.78 is 0. The van der Waals surface area contributed by atoms with E-state index in [-0.39, 0.29) is 5.91 Å². The molecule has 3 heterocycles. The molecule has 0 aliphatic carbocycles. The highest BCUT2D eigenvalue weighted by atomic mass is 16.2. The van der Waals surface area contributed by atoms with Crippen LogP contribution in [0.25, 0.3) is 0 Å². The largest absolute Gasteiger partial charge is 0.325 e. The molecule has 3 rings (SSSR count). The molecule has 0 aromatic carbocycles. The van der Waals surface area contributed by atoms with Crippen molar-refractivity contribution >= 4 is 5.91 Å². The van der Waals surface area contributed by atoms with E-state index < -0.39 is 5.54 Å². The normalized spacial score (nSPS) is 21.1. The van der Waals surface area contributed by atoms with Crippen LogP contribution < -0.4 is 0 Å². The van der Waals surface area contributed by atoms with E-state index in [9.17, 15) is 4.79 Å². The summed E-state index contributed by atoms with van der Waals surface area (Å²) in [5.74, 6) is 0.666. The number of likely N-dealkylation sites (tertiary alicyclic amines) is 1. The van der Waals surface area contributed by atoms with Crippen LogP contribution >= 0.6 is 0 Å². The van der Waals surface area contributed by atoms with E-state index in [1.807, 2.05) is 43.9 Å². The minimum absolute atomic E-state index is 0.0474. The molecule has 1 aliphatic rings. The Morgan fingerprint density at radius 1 is 1.18 bits per heavy atom. The predicted octanol–water partition coefficient (Wildman–Crippen LogP) is 2.64. The summed E-state index contributed by atoms with van der Waals surface area (Å²) in [7, 11) is 0. The molecular weight excluding hydrogens is 276 g/mol. The Labute approximate surface area is 130 Å². The molecule has 2 aromatic heterocycles. The van der Waals surface area contributed by atoms with Gasteiger partial charge in [0.2, 0.25) is 0 Å². The van der Waals surface area contributed by atoms with Crippen LogP contribution in [0.15, 0.2) is 30.5 Å². The van der Waals surface area contributed by atoms with E-state index in [4.69, 9.17) is 0 Å². The number of carbonyl (C=O) groups is 1. The highest BCUT2D eigenvalue weighted by molar-refractivity contribution is 5.93. The zero-order valence-electron chi connectivity index (χ0n) is 13.2. The molecule has 1 aliphatic heterocycles. The Bertz CT molecular complexity index is 715. The topological polar surface area (TPSA) is 59.0 Å². The van der Waals surface area contributed by atoms with Gasteiger partial charge in [-0.05, 0) is 51.8 Å². The Kier molecular flexibility index (Phi) is 3.64. The molecule has 1 saturated heterocycles. The Balaban J connectivity index is 1.97. The number of pyridine rings is 1. The molecule has 0 N–H and O–H groups in total. The number of aryl methyl sites for hydroxylation is 2. The highest BCUT2D eigenvalue weighted by Crippen LogP contribution is 2.37. The van der Waals surface area contributed by atoms with Crippen molar-refractivity contribution in [2.75, 3.05) is 6.54 Å². The van der Waals surface area contributed by atoms with Crippen LogP contribution in [0.5, 0.6) is 0 Å². The minimum Gasteiger partial charge on any atom is -0.325 e. The summed E-state index contributed by atoms with van der Waals surface area (Å²) in [6.07, 6.45) is 3.58. The fourth-order valence-electron chi connectivity index (χ4n) is 3.03. The molecule has 2 aromatic rings. The summed E-state index contributed by atoms with van der Waals surface area (Å²) in [4.78, 5) is 28.1. The maximum Gasteiger partial charge on any atom is 0.273 e. The first-order chi connectivity index (χ1) is 10.5. The summed E-state index contributed by atoms with van der Waals surface area (Å²) in [5, 5.41) is 0. The van der Waals surface area contributed by atoms with Gasteiger partial charge in [0.25, 0.3) is 5.91 Å². The lowest BCUT2D eigenvalue weighted by atomic mass is 9.97. The van der Waals surface area contributed by atoms with E-state index in [0.29, 0.717) is 18.1 Å². The fourth-order valence-corrected chi connectivity index (χ4v) is 3.03. The molecule has 114 valence electrons. The van der Waals surface area contributed by atoms with Crippen molar-refractivity contribution in [3.8, 4) is 0 Å². The van der Waals surface area contributed by atoms with Crippen molar-refractivity contribution in [2.45, 2.75) is 39.2 Å².